The van der Waals surface area contributed by atoms with Crippen LogP contribution in [0.4, 0.5) is 0 Å². The highest BCUT2D eigenvalue weighted by Gasteiger charge is 2.62. The molecule has 1 fully saturated rings. The molecule has 138 valence electrons. The van der Waals surface area contributed by atoms with Gasteiger partial charge in [-0.1, -0.05) is 40.2 Å². The van der Waals surface area contributed by atoms with Gasteiger partial charge in [-0.3, -0.25) is 9.59 Å². The molecule has 0 aromatic heterocycles. The van der Waals surface area contributed by atoms with Gasteiger partial charge in [0, 0.05) is 11.0 Å². The molecule has 2 bridgehead atoms. The fourth-order valence-electron chi connectivity index (χ4n) is 6.38. The molecule has 3 rings (SSSR count). The summed E-state index contributed by atoms with van der Waals surface area (Å²) in [6, 6.07) is 0. The monoisotopic (exact) mass is 346 g/mol. The molecule has 2 N–H and O–H groups in total. The van der Waals surface area contributed by atoms with Gasteiger partial charge in [-0.15, -0.1) is 0 Å². The number of hydrazone groups is 1. The highest BCUT2D eigenvalue weighted by molar-refractivity contribution is 6.49. The Morgan fingerprint density at radius 2 is 1.72 bits per heavy atom. The topological polar surface area (TPSA) is 81.8 Å². The van der Waals surface area contributed by atoms with E-state index in [9.17, 15) is 9.59 Å². The summed E-state index contributed by atoms with van der Waals surface area (Å²) < 4.78 is 5.23. The minimum absolute atomic E-state index is 0.00247. The standard InChI is InChI=1S/C20H30N2O3/c1-17(2)9-19(5)8-12-7-18(3,4)15(22-21)14(23)13(12)20(10-17,11-19)16(24)25-6/h7-11,21H2,1-6H3/t19-,20+/m0/s1. The Morgan fingerprint density at radius 3 is 2.28 bits per heavy atom. The van der Waals surface area contributed by atoms with Crippen molar-refractivity contribution < 1.29 is 14.3 Å². The van der Waals surface area contributed by atoms with Crippen LogP contribution in [-0.4, -0.2) is 24.6 Å². The number of hydrogen-bond donors (Lipinski definition) is 1. The number of nitrogens with two attached hydrogens (primary N) is 1. The van der Waals surface area contributed by atoms with Crippen LogP contribution < -0.4 is 5.84 Å². The first kappa shape index (κ1) is 18.2. The zero-order chi connectivity index (χ0) is 18.8. The van der Waals surface area contributed by atoms with Crippen LogP contribution in [0.15, 0.2) is 16.2 Å². The third kappa shape index (κ3) is 2.54. The molecule has 2 atom stereocenters. The van der Waals surface area contributed by atoms with E-state index in [0.29, 0.717) is 24.1 Å². The van der Waals surface area contributed by atoms with Crippen molar-refractivity contribution in [3.63, 3.8) is 0 Å². The Morgan fingerprint density at radius 1 is 1.08 bits per heavy atom. The van der Waals surface area contributed by atoms with Gasteiger partial charge in [-0.25, -0.2) is 0 Å². The average molecular weight is 346 g/mol. The smallest absolute Gasteiger partial charge is 0.316 e. The van der Waals surface area contributed by atoms with Crippen molar-refractivity contribution >= 4 is 17.5 Å². The van der Waals surface area contributed by atoms with E-state index in [2.05, 4.69) is 25.9 Å². The number of methoxy groups -OCH3 is 1. The number of hydrogen-bond acceptors (Lipinski definition) is 5. The summed E-state index contributed by atoms with van der Waals surface area (Å²) >= 11 is 0. The minimum Gasteiger partial charge on any atom is -0.468 e. The van der Waals surface area contributed by atoms with Gasteiger partial charge in [-0.2, -0.15) is 5.10 Å². The van der Waals surface area contributed by atoms with Gasteiger partial charge in [-0.05, 0) is 42.9 Å². The predicted molar refractivity (Wildman–Crippen MR) is 96.9 cm³/mol. The lowest BCUT2D eigenvalue weighted by atomic mass is 9.45. The van der Waals surface area contributed by atoms with Crippen LogP contribution in [0, 0.1) is 21.7 Å². The number of Topliss-reactive ketones (excluding diaryl/α,β-unsaturated/α-hetero) is 1. The number of ketones is 1. The first-order valence-electron chi connectivity index (χ1n) is 9.04. The van der Waals surface area contributed by atoms with E-state index in [4.69, 9.17) is 10.6 Å². The van der Waals surface area contributed by atoms with Gasteiger partial charge in [0.15, 0.2) is 0 Å². The fraction of sp³-hybridized carbons (Fsp3) is 0.750. The van der Waals surface area contributed by atoms with Gasteiger partial charge in [0.1, 0.15) is 5.71 Å². The van der Waals surface area contributed by atoms with E-state index < -0.39 is 10.8 Å². The SMILES string of the molecule is COC(=O)[C@@]12CC(C)(C)C[C@](C)(CC3=C1C(=O)C(=NN)C(C)(C)C3)C2. The summed E-state index contributed by atoms with van der Waals surface area (Å²) in [6.07, 6.45) is 3.92. The number of esters is 1. The van der Waals surface area contributed by atoms with Crippen LogP contribution in [0.5, 0.6) is 0 Å². The van der Waals surface area contributed by atoms with Crippen LogP contribution in [0.2, 0.25) is 0 Å². The van der Waals surface area contributed by atoms with Crippen LogP contribution in [-0.2, 0) is 14.3 Å². The Balaban J connectivity index is 2.28. The number of fused-ring (bicyclic) bond motifs is 3. The maximum absolute atomic E-state index is 13.4. The maximum Gasteiger partial charge on any atom is 0.316 e. The lowest BCUT2D eigenvalue weighted by Gasteiger charge is -2.57. The first-order valence-corrected chi connectivity index (χ1v) is 9.04. The Kier molecular flexibility index (Phi) is 3.76. The Labute approximate surface area is 150 Å². The molecule has 3 aliphatic rings. The molecule has 0 amide bonds. The second kappa shape index (κ2) is 5.18. The van der Waals surface area contributed by atoms with E-state index in [1.807, 2.05) is 13.8 Å². The van der Waals surface area contributed by atoms with Gasteiger partial charge < -0.3 is 10.6 Å². The molecule has 0 aliphatic heterocycles. The number of rotatable bonds is 1. The highest BCUT2D eigenvalue weighted by Crippen LogP contribution is 2.65. The molecule has 1 saturated carbocycles. The largest absolute Gasteiger partial charge is 0.468 e. The predicted octanol–water partition coefficient (Wildman–Crippen LogP) is 3.38. The van der Waals surface area contributed by atoms with E-state index in [1.165, 1.54) is 7.11 Å². The first-order chi connectivity index (χ1) is 11.4. The van der Waals surface area contributed by atoms with Crippen LogP contribution in [0.3, 0.4) is 0 Å². The number of allylic oxidation sites excluding steroid dienone is 1. The molecule has 0 radical (unpaired) electrons. The molecule has 0 saturated heterocycles. The average Bonchev–Trinajstić information content (AvgIpc) is 2.41. The Hall–Kier alpha value is -1.65. The van der Waals surface area contributed by atoms with Gasteiger partial charge in [0.05, 0.1) is 12.5 Å². The third-order valence-electron chi connectivity index (χ3n) is 6.33. The molecular weight excluding hydrogens is 316 g/mol. The molecule has 25 heavy (non-hydrogen) atoms. The van der Waals surface area contributed by atoms with Crippen LogP contribution in [0.1, 0.15) is 66.7 Å². The summed E-state index contributed by atoms with van der Waals surface area (Å²) in [5.41, 5.74) is 0.809. The molecular formula is C20H30N2O3. The lowest BCUT2D eigenvalue weighted by Crippen LogP contribution is -2.56. The molecule has 0 unspecified atom stereocenters. The van der Waals surface area contributed by atoms with Crippen LogP contribution in [0.25, 0.3) is 0 Å². The van der Waals surface area contributed by atoms with E-state index in [1.54, 1.807) is 0 Å². The molecule has 3 aliphatic carbocycles. The third-order valence-corrected chi connectivity index (χ3v) is 6.33. The van der Waals surface area contributed by atoms with Crippen molar-refractivity contribution in [2.45, 2.75) is 66.7 Å². The number of carbonyl (C=O) groups is 2. The number of ether oxygens (including phenoxy) is 1. The van der Waals surface area contributed by atoms with Crippen molar-refractivity contribution in [3.05, 3.63) is 11.1 Å². The zero-order valence-electron chi connectivity index (χ0n) is 16.3. The van der Waals surface area contributed by atoms with E-state index in [0.717, 1.165) is 24.8 Å². The van der Waals surface area contributed by atoms with Gasteiger partial charge >= 0.3 is 5.97 Å². The van der Waals surface area contributed by atoms with E-state index >= 15 is 0 Å². The summed E-state index contributed by atoms with van der Waals surface area (Å²) in [6.45, 7) is 10.6. The molecule has 0 aromatic rings. The number of nitrogens with zero attached hydrogens (tertiary/aromatic N) is 1. The van der Waals surface area contributed by atoms with Crippen molar-refractivity contribution in [1.82, 2.24) is 0 Å². The number of carbonyl (C=O) groups excluding carboxylic acids is 2. The summed E-state index contributed by atoms with van der Waals surface area (Å²) in [5.74, 6) is 5.14. The minimum atomic E-state index is -0.873. The Bertz CT molecular complexity index is 716. The van der Waals surface area contributed by atoms with Gasteiger partial charge in [0.2, 0.25) is 5.78 Å². The van der Waals surface area contributed by atoms with Crippen LogP contribution >= 0.6 is 0 Å². The van der Waals surface area contributed by atoms with Crippen molar-refractivity contribution in [2.75, 3.05) is 7.11 Å². The summed E-state index contributed by atoms with van der Waals surface area (Å²) in [4.78, 5) is 26.4. The second-order valence-electron chi connectivity index (χ2n) is 10.1. The molecule has 5 nitrogen and oxygen atoms in total. The molecule has 0 spiro atoms. The summed E-state index contributed by atoms with van der Waals surface area (Å²) in [5, 5.41) is 3.83. The van der Waals surface area contributed by atoms with Crippen molar-refractivity contribution in [1.29, 1.82) is 0 Å². The second-order valence-corrected chi connectivity index (χ2v) is 10.1. The van der Waals surface area contributed by atoms with Gasteiger partial charge in [0.25, 0.3) is 0 Å². The quantitative estimate of drug-likeness (QED) is 0.448. The summed E-state index contributed by atoms with van der Waals surface area (Å²) in [7, 11) is 1.42. The highest BCUT2D eigenvalue weighted by atomic mass is 16.5. The zero-order valence-corrected chi connectivity index (χ0v) is 16.3. The normalized spacial score (nSPS) is 37.7. The molecule has 0 aromatic carbocycles. The maximum atomic E-state index is 13.4. The van der Waals surface area contributed by atoms with E-state index in [-0.39, 0.29) is 22.6 Å². The fourth-order valence-corrected chi connectivity index (χ4v) is 6.38. The van der Waals surface area contributed by atoms with Crippen molar-refractivity contribution in [2.24, 2.45) is 32.6 Å². The van der Waals surface area contributed by atoms with Crippen molar-refractivity contribution in [3.8, 4) is 0 Å². The molecule has 0 heterocycles. The lowest BCUT2D eigenvalue weighted by molar-refractivity contribution is -0.161. The molecule has 5 heteroatoms.